The van der Waals surface area contributed by atoms with E-state index in [-0.39, 0.29) is 5.82 Å². The van der Waals surface area contributed by atoms with E-state index in [0.717, 1.165) is 37.1 Å². The van der Waals surface area contributed by atoms with Gasteiger partial charge in [-0.2, -0.15) is 0 Å². The zero-order chi connectivity index (χ0) is 11.8. The van der Waals surface area contributed by atoms with Crippen LogP contribution in [0.15, 0.2) is 18.2 Å². The molecule has 0 bridgehead atoms. The van der Waals surface area contributed by atoms with Gasteiger partial charge in [-0.15, -0.1) is 11.6 Å². The van der Waals surface area contributed by atoms with Gasteiger partial charge < -0.3 is 4.74 Å². The van der Waals surface area contributed by atoms with Crippen molar-refractivity contribution in [1.82, 2.24) is 0 Å². The number of alkyl halides is 1. The molecule has 3 heteroatoms. The van der Waals surface area contributed by atoms with Crippen molar-refractivity contribution < 1.29 is 9.13 Å². The van der Waals surface area contributed by atoms with Gasteiger partial charge in [-0.1, -0.05) is 18.9 Å². The van der Waals surface area contributed by atoms with Gasteiger partial charge >= 0.3 is 0 Å². The first kappa shape index (κ1) is 13.3. The number of hydrogen-bond donors (Lipinski definition) is 0. The fourth-order valence-corrected chi connectivity index (χ4v) is 1.65. The Kier molecular flexibility index (Phi) is 6.24. The molecule has 90 valence electrons. The van der Waals surface area contributed by atoms with Crippen LogP contribution in [0.5, 0.6) is 5.75 Å². The number of halogens is 2. The molecule has 1 aromatic rings. The average molecular weight is 245 g/mol. The summed E-state index contributed by atoms with van der Waals surface area (Å²) in [4.78, 5) is 0. The fraction of sp³-hybridized carbons (Fsp3) is 0.538. The van der Waals surface area contributed by atoms with E-state index in [1.54, 1.807) is 6.07 Å². The molecule has 1 nitrogen and oxygen atoms in total. The van der Waals surface area contributed by atoms with E-state index in [4.69, 9.17) is 16.3 Å². The number of aryl methyl sites for hydroxylation is 1. The van der Waals surface area contributed by atoms with E-state index < -0.39 is 0 Å². The highest BCUT2D eigenvalue weighted by atomic mass is 35.5. The van der Waals surface area contributed by atoms with Crippen molar-refractivity contribution in [3.05, 3.63) is 29.6 Å². The summed E-state index contributed by atoms with van der Waals surface area (Å²) in [7, 11) is 0. The number of hydrogen-bond acceptors (Lipinski definition) is 1. The van der Waals surface area contributed by atoms with Gasteiger partial charge in [0.1, 0.15) is 11.6 Å². The summed E-state index contributed by atoms with van der Waals surface area (Å²) >= 11 is 5.58. The van der Waals surface area contributed by atoms with Crippen LogP contribution in [0.3, 0.4) is 0 Å². The lowest BCUT2D eigenvalue weighted by molar-refractivity contribution is 0.301. The van der Waals surface area contributed by atoms with E-state index in [2.05, 4.69) is 0 Å². The lowest BCUT2D eigenvalue weighted by Gasteiger charge is -2.08. The summed E-state index contributed by atoms with van der Waals surface area (Å²) in [6.45, 7) is 2.56. The largest absolute Gasteiger partial charge is 0.493 e. The summed E-state index contributed by atoms with van der Waals surface area (Å²) in [6.07, 6.45) is 4.30. The Labute approximate surface area is 102 Å². The normalized spacial score (nSPS) is 10.4. The highest BCUT2D eigenvalue weighted by Gasteiger charge is 2.00. The van der Waals surface area contributed by atoms with Crippen molar-refractivity contribution in [3.63, 3.8) is 0 Å². The standard InChI is InChI=1S/C13H18ClFO/c1-11-6-7-12(15)10-13(11)16-9-5-3-2-4-8-14/h6-7,10H,2-5,8-9H2,1H3. The van der Waals surface area contributed by atoms with E-state index in [0.29, 0.717) is 12.4 Å². The number of unbranched alkanes of at least 4 members (excludes halogenated alkanes) is 3. The summed E-state index contributed by atoms with van der Waals surface area (Å²) < 4.78 is 18.5. The van der Waals surface area contributed by atoms with Gasteiger partial charge in [-0.25, -0.2) is 4.39 Å². The molecule has 0 heterocycles. The minimum absolute atomic E-state index is 0.247. The Hall–Kier alpha value is -0.760. The Morgan fingerprint density at radius 3 is 2.69 bits per heavy atom. The maximum atomic E-state index is 12.9. The summed E-state index contributed by atoms with van der Waals surface area (Å²) in [5.41, 5.74) is 0.974. The SMILES string of the molecule is Cc1ccc(F)cc1OCCCCCCCl. The van der Waals surface area contributed by atoms with Crippen molar-refractivity contribution in [2.45, 2.75) is 32.6 Å². The van der Waals surface area contributed by atoms with Gasteiger partial charge in [0.2, 0.25) is 0 Å². The van der Waals surface area contributed by atoms with Crippen molar-refractivity contribution in [3.8, 4) is 5.75 Å². The van der Waals surface area contributed by atoms with Crippen LogP contribution >= 0.6 is 11.6 Å². The van der Waals surface area contributed by atoms with E-state index in [9.17, 15) is 4.39 Å². The van der Waals surface area contributed by atoms with Crippen molar-refractivity contribution in [2.75, 3.05) is 12.5 Å². The van der Waals surface area contributed by atoms with E-state index >= 15 is 0 Å². The Morgan fingerprint density at radius 1 is 1.19 bits per heavy atom. The minimum Gasteiger partial charge on any atom is -0.493 e. The minimum atomic E-state index is -0.247. The molecule has 0 unspecified atom stereocenters. The van der Waals surface area contributed by atoms with Crippen molar-refractivity contribution in [1.29, 1.82) is 0 Å². The highest BCUT2D eigenvalue weighted by molar-refractivity contribution is 6.17. The molecule has 0 spiro atoms. The second-order valence-electron chi connectivity index (χ2n) is 3.86. The second-order valence-corrected chi connectivity index (χ2v) is 4.24. The zero-order valence-corrected chi connectivity index (χ0v) is 10.4. The summed E-state index contributed by atoms with van der Waals surface area (Å²) in [6, 6.07) is 4.62. The molecular formula is C13H18ClFO. The summed E-state index contributed by atoms with van der Waals surface area (Å²) in [5.74, 6) is 1.13. The van der Waals surface area contributed by atoms with Crippen LogP contribution in [0.4, 0.5) is 4.39 Å². The number of ether oxygens (including phenoxy) is 1. The molecule has 0 fully saturated rings. The Morgan fingerprint density at radius 2 is 1.94 bits per heavy atom. The molecule has 0 aliphatic carbocycles. The Bertz CT molecular complexity index is 315. The van der Waals surface area contributed by atoms with E-state index in [1.807, 2.05) is 6.92 Å². The lowest BCUT2D eigenvalue weighted by atomic mass is 10.2. The molecule has 1 rings (SSSR count). The van der Waals surface area contributed by atoms with Crippen LogP contribution in [-0.4, -0.2) is 12.5 Å². The molecule has 0 amide bonds. The fourth-order valence-electron chi connectivity index (χ4n) is 1.46. The molecule has 0 saturated heterocycles. The molecule has 0 atom stereocenters. The van der Waals surface area contributed by atoms with Crippen LogP contribution in [0.1, 0.15) is 31.2 Å². The predicted octanol–water partition coefficient (Wildman–Crippen LogP) is 4.31. The third kappa shape index (κ3) is 4.84. The first-order valence-electron chi connectivity index (χ1n) is 5.69. The second kappa shape index (κ2) is 7.50. The Balaban J connectivity index is 2.23. The van der Waals surface area contributed by atoms with Crippen LogP contribution < -0.4 is 4.74 Å². The maximum absolute atomic E-state index is 12.9. The van der Waals surface area contributed by atoms with Gasteiger partial charge in [0.15, 0.2) is 0 Å². The lowest BCUT2D eigenvalue weighted by Crippen LogP contribution is -1.99. The van der Waals surface area contributed by atoms with E-state index in [1.165, 1.54) is 12.1 Å². The molecule has 0 N–H and O–H groups in total. The molecule has 0 aliphatic heterocycles. The quantitative estimate of drug-likeness (QED) is 0.513. The molecular weight excluding hydrogens is 227 g/mol. The molecule has 0 aliphatic rings. The average Bonchev–Trinajstić information content (AvgIpc) is 2.28. The first-order valence-corrected chi connectivity index (χ1v) is 6.22. The molecule has 0 radical (unpaired) electrons. The first-order chi connectivity index (χ1) is 7.74. The van der Waals surface area contributed by atoms with Gasteiger partial charge in [0.25, 0.3) is 0 Å². The highest BCUT2D eigenvalue weighted by Crippen LogP contribution is 2.19. The predicted molar refractivity (Wildman–Crippen MR) is 65.8 cm³/mol. The third-order valence-electron chi connectivity index (χ3n) is 2.44. The van der Waals surface area contributed by atoms with Gasteiger partial charge in [0.05, 0.1) is 6.61 Å². The zero-order valence-electron chi connectivity index (χ0n) is 9.64. The monoisotopic (exact) mass is 244 g/mol. The van der Waals surface area contributed by atoms with Crippen molar-refractivity contribution in [2.24, 2.45) is 0 Å². The van der Waals surface area contributed by atoms with Crippen LogP contribution in [-0.2, 0) is 0 Å². The molecule has 1 aromatic carbocycles. The van der Waals surface area contributed by atoms with Gasteiger partial charge in [-0.05, 0) is 31.4 Å². The van der Waals surface area contributed by atoms with Crippen LogP contribution in [0.2, 0.25) is 0 Å². The van der Waals surface area contributed by atoms with Crippen LogP contribution in [0, 0.1) is 12.7 Å². The third-order valence-corrected chi connectivity index (χ3v) is 2.70. The maximum Gasteiger partial charge on any atom is 0.126 e. The molecule has 0 aromatic heterocycles. The summed E-state index contributed by atoms with van der Waals surface area (Å²) in [5, 5.41) is 0. The number of benzene rings is 1. The topological polar surface area (TPSA) is 9.23 Å². The number of rotatable bonds is 7. The smallest absolute Gasteiger partial charge is 0.126 e. The molecule has 0 saturated carbocycles. The molecule has 16 heavy (non-hydrogen) atoms. The van der Waals surface area contributed by atoms with Crippen molar-refractivity contribution >= 4 is 11.6 Å². The van der Waals surface area contributed by atoms with Gasteiger partial charge in [0, 0.05) is 11.9 Å². The van der Waals surface area contributed by atoms with Gasteiger partial charge in [-0.3, -0.25) is 0 Å². The van der Waals surface area contributed by atoms with Crippen LogP contribution in [0.25, 0.3) is 0 Å².